The molecular weight excluding hydrogens is 212 g/mol. The molecule has 3 nitrogen and oxygen atoms in total. The highest BCUT2D eigenvalue weighted by atomic mass is 32.1. The summed E-state index contributed by atoms with van der Waals surface area (Å²) in [5.74, 6) is -0.253. The molecule has 80 valence electrons. The summed E-state index contributed by atoms with van der Waals surface area (Å²) in [6.45, 7) is 2.16. The number of hydrogen-bond acceptors (Lipinski definition) is 3. The Morgan fingerprint density at radius 3 is 2.47 bits per heavy atom. The molecule has 0 radical (unpaired) electrons. The van der Waals surface area contributed by atoms with Gasteiger partial charge in [0.25, 0.3) is 0 Å². The van der Waals surface area contributed by atoms with E-state index in [9.17, 15) is 4.79 Å². The molecule has 0 saturated heterocycles. The monoisotopic (exact) mass is 224 g/mol. The van der Waals surface area contributed by atoms with Crippen LogP contribution in [0, 0.1) is 0 Å². The topological polar surface area (TPSA) is 46.5 Å². The van der Waals surface area contributed by atoms with Gasteiger partial charge in [0.15, 0.2) is 5.05 Å². The van der Waals surface area contributed by atoms with E-state index in [0.717, 1.165) is 5.56 Å². The molecule has 1 rings (SSSR count). The van der Waals surface area contributed by atoms with Crippen molar-refractivity contribution in [3.8, 4) is 0 Å². The predicted molar refractivity (Wildman–Crippen MR) is 61.1 cm³/mol. The fourth-order valence-corrected chi connectivity index (χ4v) is 1.28. The van der Waals surface area contributed by atoms with Crippen LogP contribution in [0.2, 0.25) is 0 Å². The molecule has 0 saturated carbocycles. The minimum atomic E-state index is -0.253. The smallest absolute Gasteiger partial charge is 0.310 e. The van der Waals surface area contributed by atoms with E-state index in [2.05, 4.69) is 12.2 Å². The lowest BCUT2D eigenvalue weighted by molar-refractivity contribution is -0.142. The summed E-state index contributed by atoms with van der Waals surface area (Å²) in [6.07, 6.45) is 0.242. The number of esters is 1. The van der Waals surface area contributed by atoms with E-state index in [-0.39, 0.29) is 17.4 Å². The number of aliphatic hydroxyl groups excluding tert-OH is 1. The molecular formula is C11H12O3S. The van der Waals surface area contributed by atoms with Crippen molar-refractivity contribution in [1.82, 2.24) is 0 Å². The lowest BCUT2D eigenvalue weighted by atomic mass is 10.1. The van der Waals surface area contributed by atoms with E-state index in [1.54, 1.807) is 31.2 Å². The largest absolute Gasteiger partial charge is 0.499 e. The Kier molecular flexibility index (Phi) is 4.24. The minimum Gasteiger partial charge on any atom is -0.499 e. The molecule has 0 bridgehead atoms. The first kappa shape index (κ1) is 11.7. The summed E-state index contributed by atoms with van der Waals surface area (Å²) in [5, 5.41) is 8.88. The summed E-state index contributed by atoms with van der Waals surface area (Å²) in [4.78, 5) is 11.1. The molecule has 1 aromatic carbocycles. The number of benzene rings is 1. The van der Waals surface area contributed by atoms with Crippen LogP contribution in [0.4, 0.5) is 0 Å². The molecule has 0 amide bonds. The maximum Gasteiger partial charge on any atom is 0.310 e. The van der Waals surface area contributed by atoms with Crippen molar-refractivity contribution in [2.45, 2.75) is 13.3 Å². The van der Waals surface area contributed by atoms with Crippen LogP contribution in [-0.4, -0.2) is 22.7 Å². The van der Waals surface area contributed by atoms with Crippen LogP contribution < -0.4 is 0 Å². The third-order valence-corrected chi connectivity index (χ3v) is 2.09. The number of ether oxygens (including phenoxy) is 1. The maximum atomic E-state index is 11.1. The molecule has 4 heteroatoms. The predicted octanol–water partition coefficient (Wildman–Crippen LogP) is 2.03. The Bertz CT molecular complexity index is 357. The molecule has 0 spiro atoms. The molecule has 0 unspecified atom stereocenters. The quantitative estimate of drug-likeness (QED) is 0.628. The number of aliphatic hydroxyl groups is 1. The van der Waals surface area contributed by atoms with Gasteiger partial charge in [-0.25, -0.2) is 0 Å². The standard InChI is InChI=1S/C11H12O3S/c1-2-14-10(12)7-8-3-5-9(6-4-8)11(13)15/h3-6H,2,7H2,1H3,(H,13,15). The first-order valence-corrected chi connectivity index (χ1v) is 5.02. The van der Waals surface area contributed by atoms with Crippen LogP contribution in [0.3, 0.4) is 0 Å². The van der Waals surface area contributed by atoms with Crippen molar-refractivity contribution >= 4 is 23.2 Å². The molecule has 0 aliphatic heterocycles. The van der Waals surface area contributed by atoms with Gasteiger partial charge in [-0.3, -0.25) is 4.79 Å². The molecule has 0 aliphatic rings. The summed E-state index contributed by atoms with van der Waals surface area (Å²) in [7, 11) is 0. The average molecular weight is 224 g/mol. The van der Waals surface area contributed by atoms with Gasteiger partial charge in [-0.1, -0.05) is 24.3 Å². The Labute approximate surface area is 93.7 Å². The fourth-order valence-electron chi connectivity index (χ4n) is 1.14. The van der Waals surface area contributed by atoms with Gasteiger partial charge in [-0.15, -0.1) is 0 Å². The average Bonchev–Trinajstić information content (AvgIpc) is 2.18. The second kappa shape index (κ2) is 5.46. The fraction of sp³-hybridized carbons (Fsp3) is 0.273. The molecule has 1 aromatic rings. The molecule has 0 fully saturated rings. The van der Waals surface area contributed by atoms with Crippen molar-refractivity contribution in [3.63, 3.8) is 0 Å². The van der Waals surface area contributed by atoms with Crippen molar-refractivity contribution in [2.24, 2.45) is 0 Å². The highest BCUT2D eigenvalue weighted by Gasteiger charge is 2.04. The Balaban J connectivity index is 2.64. The summed E-state index contributed by atoms with van der Waals surface area (Å²) in [6, 6.07) is 6.84. The van der Waals surface area contributed by atoms with Gasteiger partial charge < -0.3 is 9.84 Å². The normalized spacial score (nSPS) is 9.67. The van der Waals surface area contributed by atoms with E-state index >= 15 is 0 Å². The first-order chi connectivity index (χ1) is 7.13. The Morgan fingerprint density at radius 1 is 1.40 bits per heavy atom. The number of carbonyl (C=O) groups is 1. The second-order valence-electron chi connectivity index (χ2n) is 2.98. The van der Waals surface area contributed by atoms with Gasteiger partial charge in [0.2, 0.25) is 0 Å². The van der Waals surface area contributed by atoms with Gasteiger partial charge in [-0.2, -0.15) is 0 Å². The molecule has 15 heavy (non-hydrogen) atoms. The van der Waals surface area contributed by atoms with Crippen molar-refractivity contribution in [2.75, 3.05) is 6.61 Å². The van der Waals surface area contributed by atoms with Gasteiger partial charge in [0.05, 0.1) is 13.0 Å². The van der Waals surface area contributed by atoms with E-state index in [1.165, 1.54) is 0 Å². The van der Waals surface area contributed by atoms with Crippen LogP contribution in [0.5, 0.6) is 0 Å². The summed E-state index contributed by atoms with van der Waals surface area (Å²) < 4.78 is 4.81. The van der Waals surface area contributed by atoms with Gasteiger partial charge in [0.1, 0.15) is 0 Å². The molecule has 1 N–H and O–H groups in total. The number of hydrogen-bond donors (Lipinski definition) is 1. The van der Waals surface area contributed by atoms with Gasteiger partial charge in [-0.05, 0) is 24.7 Å². The van der Waals surface area contributed by atoms with Gasteiger partial charge in [0, 0.05) is 5.56 Å². The third-order valence-electron chi connectivity index (χ3n) is 1.85. The number of thiocarbonyl (C=S) groups is 1. The SMILES string of the molecule is CCOC(=O)Cc1ccc(C(O)=S)cc1. The molecule has 0 aliphatic carbocycles. The van der Waals surface area contributed by atoms with Crippen molar-refractivity contribution < 1.29 is 14.6 Å². The van der Waals surface area contributed by atoms with E-state index in [1.807, 2.05) is 0 Å². The highest BCUT2D eigenvalue weighted by Crippen LogP contribution is 2.06. The molecule has 0 aromatic heterocycles. The van der Waals surface area contributed by atoms with E-state index in [0.29, 0.717) is 12.2 Å². The van der Waals surface area contributed by atoms with Crippen molar-refractivity contribution in [1.29, 1.82) is 0 Å². The van der Waals surface area contributed by atoms with E-state index < -0.39 is 0 Å². The van der Waals surface area contributed by atoms with Crippen LogP contribution in [0.25, 0.3) is 0 Å². The highest BCUT2D eigenvalue weighted by molar-refractivity contribution is 7.80. The Hall–Kier alpha value is -1.42. The zero-order valence-corrected chi connectivity index (χ0v) is 9.21. The summed E-state index contributed by atoms with van der Waals surface area (Å²) >= 11 is 4.60. The lowest BCUT2D eigenvalue weighted by Gasteiger charge is -2.02. The Morgan fingerprint density at radius 2 is 2.00 bits per heavy atom. The number of rotatable bonds is 4. The molecule has 0 atom stereocenters. The summed E-state index contributed by atoms with van der Waals surface area (Å²) in [5.41, 5.74) is 1.42. The molecule has 0 heterocycles. The first-order valence-electron chi connectivity index (χ1n) is 4.61. The second-order valence-corrected chi connectivity index (χ2v) is 3.37. The lowest BCUT2D eigenvalue weighted by Crippen LogP contribution is -2.07. The third kappa shape index (κ3) is 3.67. The van der Waals surface area contributed by atoms with E-state index in [4.69, 9.17) is 9.84 Å². The zero-order chi connectivity index (χ0) is 11.3. The number of carbonyl (C=O) groups excluding carboxylic acids is 1. The zero-order valence-electron chi connectivity index (χ0n) is 8.40. The van der Waals surface area contributed by atoms with Crippen LogP contribution >= 0.6 is 12.2 Å². The van der Waals surface area contributed by atoms with Gasteiger partial charge >= 0.3 is 5.97 Å². The maximum absolute atomic E-state index is 11.1. The van der Waals surface area contributed by atoms with Crippen molar-refractivity contribution in [3.05, 3.63) is 35.4 Å². The van der Waals surface area contributed by atoms with Crippen LogP contribution in [0.15, 0.2) is 24.3 Å². The van der Waals surface area contributed by atoms with Crippen LogP contribution in [0.1, 0.15) is 18.1 Å². The minimum absolute atomic E-state index is 0.141. The van der Waals surface area contributed by atoms with Crippen LogP contribution in [-0.2, 0) is 16.0 Å².